The molecule has 0 spiro atoms. The summed E-state index contributed by atoms with van der Waals surface area (Å²) in [7, 11) is 0. The Morgan fingerprint density at radius 2 is 1.83 bits per heavy atom. The second-order valence-electron chi connectivity index (χ2n) is 5.73. The van der Waals surface area contributed by atoms with Crippen LogP contribution in [0.5, 0.6) is 0 Å². The average Bonchev–Trinajstić information content (AvgIpc) is 3.18. The number of nitrogens with one attached hydrogen (secondary N) is 1. The summed E-state index contributed by atoms with van der Waals surface area (Å²) in [5.41, 5.74) is 1.23. The maximum atomic E-state index is 3.73. The molecule has 2 atom stereocenters. The van der Waals surface area contributed by atoms with E-state index in [1.165, 1.54) is 48.7 Å². The largest absolute Gasteiger partial charge is 0.381 e. The van der Waals surface area contributed by atoms with Gasteiger partial charge in [-0.15, -0.1) is 0 Å². The normalized spacial score (nSPS) is 28.1. The molecule has 0 amide bonds. The zero-order valence-electron chi connectivity index (χ0n) is 10.5. The molecule has 2 unspecified atom stereocenters. The standard InChI is InChI=1S/C15H19Br2N/c16-12-6-7-14(17)15(9-12)18-13-3-1-2-11(8-13)10-4-5-10/h6-7,9-11,13,18H,1-5,8H2. The molecule has 0 heterocycles. The Bertz CT molecular complexity index is 429. The number of anilines is 1. The van der Waals surface area contributed by atoms with Crippen LogP contribution < -0.4 is 5.32 Å². The number of rotatable bonds is 3. The van der Waals surface area contributed by atoms with Crippen LogP contribution in [-0.4, -0.2) is 6.04 Å². The van der Waals surface area contributed by atoms with Gasteiger partial charge in [0.1, 0.15) is 0 Å². The van der Waals surface area contributed by atoms with E-state index in [-0.39, 0.29) is 0 Å². The van der Waals surface area contributed by atoms with Crippen LogP contribution in [0.4, 0.5) is 5.69 Å². The van der Waals surface area contributed by atoms with Crippen molar-refractivity contribution in [1.29, 1.82) is 0 Å². The van der Waals surface area contributed by atoms with Gasteiger partial charge < -0.3 is 5.32 Å². The van der Waals surface area contributed by atoms with E-state index < -0.39 is 0 Å². The van der Waals surface area contributed by atoms with Gasteiger partial charge in [-0.25, -0.2) is 0 Å². The minimum absolute atomic E-state index is 0.662. The predicted molar refractivity (Wildman–Crippen MR) is 83.9 cm³/mol. The highest BCUT2D eigenvalue weighted by Crippen LogP contribution is 2.44. The number of hydrogen-bond donors (Lipinski definition) is 1. The Morgan fingerprint density at radius 3 is 2.61 bits per heavy atom. The highest BCUT2D eigenvalue weighted by Gasteiger charge is 2.34. The van der Waals surface area contributed by atoms with Gasteiger partial charge in [-0.05, 0) is 71.6 Å². The molecule has 2 aliphatic rings. The Labute approximate surface area is 126 Å². The van der Waals surface area contributed by atoms with Crippen molar-refractivity contribution in [2.75, 3.05) is 5.32 Å². The fourth-order valence-corrected chi connectivity index (χ4v) is 3.90. The average molecular weight is 373 g/mol. The highest BCUT2D eigenvalue weighted by molar-refractivity contribution is 9.11. The first kappa shape index (κ1) is 13.0. The summed E-state index contributed by atoms with van der Waals surface area (Å²) in [6.07, 6.45) is 8.51. The molecule has 0 saturated heterocycles. The van der Waals surface area contributed by atoms with E-state index in [2.05, 4.69) is 55.4 Å². The molecule has 18 heavy (non-hydrogen) atoms. The zero-order valence-corrected chi connectivity index (χ0v) is 13.6. The van der Waals surface area contributed by atoms with Crippen molar-refractivity contribution >= 4 is 37.5 Å². The lowest BCUT2D eigenvalue weighted by Gasteiger charge is -2.31. The van der Waals surface area contributed by atoms with Crippen LogP contribution in [0.1, 0.15) is 38.5 Å². The molecular weight excluding hydrogens is 354 g/mol. The molecule has 3 rings (SSSR count). The van der Waals surface area contributed by atoms with Crippen LogP contribution in [0.25, 0.3) is 0 Å². The van der Waals surface area contributed by atoms with E-state index in [4.69, 9.17) is 0 Å². The second-order valence-corrected chi connectivity index (χ2v) is 7.50. The highest BCUT2D eigenvalue weighted by atomic mass is 79.9. The number of hydrogen-bond acceptors (Lipinski definition) is 1. The molecule has 1 aromatic carbocycles. The van der Waals surface area contributed by atoms with Crippen molar-refractivity contribution in [3.63, 3.8) is 0 Å². The molecule has 0 aromatic heterocycles. The Balaban J connectivity index is 1.65. The van der Waals surface area contributed by atoms with Gasteiger partial charge in [0, 0.05) is 20.7 Å². The molecule has 3 heteroatoms. The van der Waals surface area contributed by atoms with Gasteiger partial charge in [0.25, 0.3) is 0 Å². The lowest BCUT2D eigenvalue weighted by atomic mass is 9.82. The minimum atomic E-state index is 0.662. The van der Waals surface area contributed by atoms with Crippen molar-refractivity contribution in [3.05, 3.63) is 27.1 Å². The second kappa shape index (κ2) is 5.54. The maximum absolute atomic E-state index is 3.73. The third-order valence-electron chi connectivity index (χ3n) is 4.29. The molecule has 0 bridgehead atoms. The SMILES string of the molecule is Brc1ccc(Br)c(NC2CCCC(C3CC3)C2)c1. The lowest BCUT2D eigenvalue weighted by Crippen LogP contribution is -2.28. The van der Waals surface area contributed by atoms with Gasteiger partial charge in [0.15, 0.2) is 0 Å². The molecule has 2 fully saturated rings. The van der Waals surface area contributed by atoms with E-state index in [9.17, 15) is 0 Å². The van der Waals surface area contributed by atoms with Crippen molar-refractivity contribution in [3.8, 4) is 0 Å². The topological polar surface area (TPSA) is 12.0 Å². The first-order chi connectivity index (χ1) is 8.72. The first-order valence-electron chi connectivity index (χ1n) is 6.94. The number of halogens is 2. The molecule has 98 valence electrons. The summed E-state index contributed by atoms with van der Waals surface area (Å²) >= 11 is 7.18. The zero-order chi connectivity index (χ0) is 12.5. The predicted octanol–water partition coefficient (Wildman–Crippen LogP) is 5.59. The third kappa shape index (κ3) is 3.11. The quantitative estimate of drug-likeness (QED) is 0.728. The summed E-state index contributed by atoms with van der Waals surface area (Å²) in [6.45, 7) is 0. The molecular formula is C15H19Br2N. The van der Waals surface area contributed by atoms with Crippen molar-refractivity contribution in [1.82, 2.24) is 0 Å². The van der Waals surface area contributed by atoms with Crippen molar-refractivity contribution < 1.29 is 0 Å². The van der Waals surface area contributed by atoms with Gasteiger partial charge in [-0.1, -0.05) is 28.8 Å². The Morgan fingerprint density at radius 1 is 1.00 bits per heavy atom. The summed E-state index contributed by atoms with van der Waals surface area (Å²) in [4.78, 5) is 0. The van der Waals surface area contributed by atoms with Crippen molar-refractivity contribution in [2.24, 2.45) is 11.8 Å². The Kier molecular flexibility index (Phi) is 4.00. The van der Waals surface area contributed by atoms with Crippen LogP contribution in [0.2, 0.25) is 0 Å². The molecule has 2 saturated carbocycles. The monoisotopic (exact) mass is 371 g/mol. The van der Waals surface area contributed by atoms with Crippen LogP contribution in [0.15, 0.2) is 27.1 Å². The van der Waals surface area contributed by atoms with Crippen LogP contribution in [-0.2, 0) is 0 Å². The Hall–Kier alpha value is -0.0200. The lowest BCUT2D eigenvalue weighted by molar-refractivity contribution is 0.303. The molecule has 0 radical (unpaired) electrons. The van der Waals surface area contributed by atoms with Gasteiger partial charge in [-0.3, -0.25) is 0 Å². The first-order valence-corrected chi connectivity index (χ1v) is 8.52. The smallest absolute Gasteiger partial charge is 0.0498 e. The molecule has 0 aliphatic heterocycles. The van der Waals surface area contributed by atoms with Crippen LogP contribution in [0.3, 0.4) is 0 Å². The molecule has 1 N–H and O–H groups in total. The summed E-state index contributed by atoms with van der Waals surface area (Å²) in [6, 6.07) is 7.01. The fraction of sp³-hybridized carbons (Fsp3) is 0.600. The summed E-state index contributed by atoms with van der Waals surface area (Å²) < 4.78 is 2.31. The molecule has 1 nitrogen and oxygen atoms in total. The van der Waals surface area contributed by atoms with Gasteiger partial charge in [0.2, 0.25) is 0 Å². The minimum Gasteiger partial charge on any atom is -0.381 e. The third-order valence-corrected chi connectivity index (χ3v) is 5.48. The van der Waals surface area contributed by atoms with Crippen LogP contribution in [0, 0.1) is 11.8 Å². The van der Waals surface area contributed by atoms with E-state index >= 15 is 0 Å². The summed E-state index contributed by atoms with van der Waals surface area (Å²) in [5, 5.41) is 3.73. The molecule has 1 aromatic rings. The van der Waals surface area contributed by atoms with Crippen LogP contribution >= 0.6 is 31.9 Å². The van der Waals surface area contributed by atoms with Gasteiger partial charge in [0.05, 0.1) is 0 Å². The summed E-state index contributed by atoms with van der Waals surface area (Å²) in [5.74, 6) is 2.04. The fourth-order valence-electron chi connectivity index (χ4n) is 3.18. The van der Waals surface area contributed by atoms with E-state index in [0.29, 0.717) is 6.04 Å². The number of benzene rings is 1. The van der Waals surface area contributed by atoms with E-state index in [1.54, 1.807) is 0 Å². The van der Waals surface area contributed by atoms with Gasteiger partial charge in [-0.2, -0.15) is 0 Å². The van der Waals surface area contributed by atoms with E-state index in [0.717, 1.165) is 16.3 Å². The maximum Gasteiger partial charge on any atom is 0.0498 e. The van der Waals surface area contributed by atoms with Crippen molar-refractivity contribution in [2.45, 2.75) is 44.6 Å². The molecule has 2 aliphatic carbocycles. The van der Waals surface area contributed by atoms with E-state index in [1.807, 2.05) is 0 Å². The van der Waals surface area contributed by atoms with Gasteiger partial charge >= 0.3 is 0 Å².